The standard InChI is InChI=1S/C16H15Cl2NO3S/c1-2-16(15(21)22,10-6-4-3-5-7-10)9-19-14(20)11-8-12(17)23-13(11)18/h3-8H,2,9H2,1H3,(H,19,20)(H,21,22). The van der Waals surface area contributed by atoms with E-state index >= 15 is 0 Å². The molecule has 2 aromatic rings. The highest BCUT2D eigenvalue weighted by atomic mass is 35.5. The molecule has 4 nitrogen and oxygen atoms in total. The second kappa shape index (κ2) is 7.34. The number of carboxylic acids is 1. The number of benzene rings is 1. The Morgan fingerprint density at radius 1 is 1.26 bits per heavy atom. The van der Waals surface area contributed by atoms with E-state index in [0.29, 0.717) is 16.3 Å². The van der Waals surface area contributed by atoms with Gasteiger partial charge in [-0.05, 0) is 18.1 Å². The Hall–Kier alpha value is -1.56. The van der Waals surface area contributed by atoms with E-state index in [1.54, 1.807) is 31.2 Å². The molecule has 0 saturated heterocycles. The highest BCUT2D eigenvalue weighted by Crippen LogP contribution is 2.32. The minimum Gasteiger partial charge on any atom is -0.481 e. The van der Waals surface area contributed by atoms with Gasteiger partial charge in [0.15, 0.2) is 0 Å². The molecule has 0 bridgehead atoms. The van der Waals surface area contributed by atoms with E-state index in [0.717, 1.165) is 11.3 Å². The van der Waals surface area contributed by atoms with Crippen LogP contribution in [0.4, 0.5) is 0 Å². The maximum Gasteiger partial charge on any atom is 0.315 e. The normalized spacial score (nSPS) is 13.3. The number of carbonyl (C=O) groups excluding carboxylic acids is 1. The van der Waals surface area contributed by atoms with Crippen LogP contribution in [0, 0.1) is 0 Å². The second-order valence-electron chi connectivity index (χ2n) is 5.03. The number of rotatable bonds is 6. The summed E-state index contributed by atoms with van der Waals surface area (Å²) in [6.07, 6.45) is 0.338. The first-order valence-electron chi connectivity index (χ1n) is 6.92. The van der Waals surface area contributed by atoms with Crippen molar-refractivity contribution in [3.05, 3.63) is 56.2 Å². The van der Waals surface area contributed by atoms with E-state index in [-0.39, 0.29) is 16.4 Å². The average molecular weight is 372 g/mol. The van der Waals surface area contributed by atoms with Gasteiger partial charge in [-0.15, -0.1) is 11.3 Å². The third-order valence-electron chi connectivity index (χ3n) is 3.79. The van der Waals surface area contributed by atoms with Crippen molar-refractivity contribution >= 4 is 46.4 Å². The molecule has 0 radical (unpaired) electrons. The van der Waals surface area contributed by atoms with Crippen LogP contribution >= 0.6 is 34.5 Å². The average Bonchev–Trinajstić information content (AvgIpc) is 2.87. The Morgan fingerprint density at radius 3 is 2.39 bits per heavy atom. The number of thiophene rings is 1. The highest BCUT2D eigenvalue weighted by molar-refractivity contribution is 7.20. The van der Waals surface area contributed by atoms with Crippen molar-refractivity contribution in [3.63, 3.8) is 0 Å². The summed E-state index contributed by atoms with van der Waals surface area (Å²) in [4.78, 5) is 24.1. The van der Waals surface area contributed by atoms with Crippen LogP contribution in [0.5, 0.6) is 0 Å². The molecule has 1 heterocycles. The molecule has 23 heavy (non-hydrogen) atoms. The van der Waals surface area contributed by atoms with Gasteiger partial charge in [0.05, 0.1) is 9.90 Å². The molecule has 0 saturated carbocycles. The fraction of sp³-hybridized carbons (Fsp3) is 0.250. The van der Waals surface area contributed by atoms with Gasteiger partial charge >= 0.3 is 5.97 Å². The molecule has 0 aliphatic rings. The SMILES string of the molecule is CCC(CNC(=O)c1cc(Cl)sc1Cl)(C(=O)O)c1ccccc1. The number of hydrogen-bond donors (Lipinski definition) is 2. The maximum absolute atomic E-state index is 12.3. The smallest absolute Gasteiger partial charge is 0.315 e. The van der Waals surface area contributed by atoms with Crippen molar-refractivity contribution in [3.8, 4) is 0 Å². The maximum atomic E-state index is 12.3. The van der Waals surface area contributed by atoms with Crippen molar-refractivity contribution in [2.45, 2.75) is 18.8 Å². The number of halogens is 2. The highest BCUT2D eigenvalue weighted by Gasteiger charge is 2.39. The topological polar surface area (TPSA) is 66.4 Å². The predicted molar refractivity (Wildman–Crippen MR) is 92.7 cm³/mol. The van der Waals surface area contributed by atoms with Crippen molar-refractivity contribution in [1.29, 1.82) is 0 Å². The van der Waals surface area contributed by atoms with Gasteiger partial charge in [-0.2, -0.15) is 0 Å². The number of nitrogens with one attached hydrogen (secondary N) is 1. The molecule has 2 N–H and O–H groups in total. The van der Waals surface area contributed by atoms with Crippen molar-refractivity contribution < 1.29 is 14.7 Å². The fourth-order valence-electron chi connectivity index (χ4n) is 2.36. The third-order valence-corrected chi connectivity index (χ3v) is 5.28. The lowest BCUT2D eigenvalue weighted by Crippen LogP contribution is -2.46. The van der Waals surface area contributed by atoms with Gasteiger partial charge in [-0.25, -0.2) is 0 Å². The first-order chi connectivity index (χ1) is 10.9. The van der Waals surface area contributed by atoms with Crippen LogP contribution in [0.25, 0.3) is 0 Å². The molecule has 0 aliphatic heterocycles. The van der Waals surface area contributed by atoms with Crippen molar-refractivity contribution in [1.82, 2.24) is 5.32 Å². The molecule has 0 spiro atoms. The van der Waals surface area contributed by atoms with E-state index in [1.807, 2.05) is 6.07 Å². The number of aliphatic carboxylic acids is 1. The summed E-state index contributed by atoms with van der Waals surface area (Å²) in [7, 11) is 0. The van der Waals surface area contributed by atoms with E-state index in [9.17, 15) is 14.7 Å². The van der Waals surface area contributed by atoms with Crippen molar-refractivity contribution in [2.24, 2.45) is 0 Å². The lowest BCUT2D eigenvalue weighted by Gasteiger charge is -2.29. The molecule has 1 atom stereocenters. The summed E-state index contributed by atoms with van der Waals surface area (Å²) < 4.78 is 0.688. The number of carbonyl (C=O) groups is 2. The summed E-state index contributed by atoms with van der Waals surface area (Å²) in [5, 5.41) is 12.4. The number of carboxylic acid groups (broad SMARTS) is 1. The summed E-state index contributed by atoms with van der Waals surface area (Å²) in [5.74, 6) is -1.42. The molecule has 1 unspecified atom stereocenters. The van der Waals surface area contributed by atoms with Crippen molar-refractivity contribution in [2.75, 3.05) is 6.54 Å². The second-order valence-corrected chi connectivity index (χ2v) is 7.31. The van der Waals surface area contributed by atoms with E-state index in [4.69, 9.17) is 23.2 Å². The lowest BCUT2D eigenvalue weighted by molar-refractivity contribution is -0.143. The molecule has 7 heteroatoms. The zero-order valence-corrected chi connectivity index (χ0v) is 14.6. The van der Waals surface area contributed by atoms with E-state index in [2.05, 4.69) is 5.32 Å². The van der Waals surface area contributed by atoms with Crippen LogP contribution in [0.1, 0.15) is 29.3 Å². The quantitative estimate of drug-likeness (QED) is 0.798. The molecule has 1 aromatic heterocycles. The first kappa shape index (κ1) is 17.8. The molecule has 1 aromatic carbocycles. The number of amides is 1. The zero-order chi connectivity index (χ0) is 17.0. The third kappa shape index (κ3) is 3.68. The van der Waals surface area contributed by atoms with Gasteiger partial charge in [-0.3, -0.25) is 9.59 Å². The molecular formula is C16H15Cl2NO3S. The Balaban J connectivity index is 2.24. The van der Waals surface area contributed by atoms with Gasteiger partial charge in [0.25, 0.3) is 5.91 Å². The summed E-state index contributed by atoms with van der Waals surface area (Å²) >= 11 is 12.9. The van der Waals surface area contributed by atoms with Gasteiger partial charge in [0, 0.05) is 6.54 Å². The molecule has 0 fully saturated rings. The van der Waals surface area contributed by atoms with Crippen LogP contribution in [0.2, 0.25) is 8.67 Å². The molecule has 1 amide bonds. The molecule has 2 rings (SSSR count). The summed E-state index contributed by atoms with van der Waals surface area (Å²) in [6, 6.07) is 10.3. The van der Waals surface area contributed by atoms with Crippen LogP contribution in [0.15, 0.2) is 36.4 Å². The minimum atomic E-state index is -1.19. The molecular weight excluding hydrogens is 357 g/mol. The van der Waals surface area contributed by atoms with Crippen LogP contribution in [-0.4, -0.2) is 23.5 Å². The van der Waals surface area contributed by atoms with E-state index in [1.165, 1.54) is 6.07 Å². The van der Waals surface area contributed by atoms with Crippen LogP contribution in [0.3, 0.4) is 0 Å². The predicted octanol–water partition coefficient (Wildman–Crippen LogP) is 4.22. The Labute approximate surface area is 148 Å². The Kier molecular flexibility index (Phi) is 5.68. The zero-order valence-electron chi connectivity index (χ0n) is 12.3. The Morgan fingerprint density at radius 2 is 1.91 bits per heavy atom. The van der Waals surface area contributed by atoms with Crippen LogP contribution < -0.4 is 5.32 Å². The molecule has 0 aliphatic carbocycles. The minimum absolute atomic E-state index is 0.0362. The monoisotopic (exact) mass is 371 g/mol. The fourth-order valence-corrected chi connectivity index (χ4v) is 3.82. The molecule has 122 valence electrons. The van der Waals surface area contributed by atoms with Gasteiger partial charge in [0.1, 0.15) is 9.75 Å². The largest absolute Gasteiger partial charge is 0.481 e. The number of hydrogen-bond acceptors (Lipinski definition) is 3. The van der Waals surface area contributed by atoms with Crippen LogP contribution in [-0.2, 0) is 10.2 Å². The summed E-state index contributed by atoms with van der Waals surface area (Å²) in [5.41, 5.74) is -0.293. The lowest BCUT2D eigenvalue weighted by atomic mass is 9.78. The van der Waals surface area contributed by atoms with Gasteiger partial charge in [0.2, 0.25) is 0 Å². The van der Waals surface area contributed by atoms with E-state index < -0.39 is 17.3 Å². The first-order valence-corrected chi connectivity index (χ1v) is 8.50. The summed E-state index contributed by atoms with van der Waals surface area (Å²) in [6.45, 7) is 1.74. The van der Waals surface area contributed by atoms with Gasteiger partial charge in [-0.1, -0.05) is 60.5 Å². The Bertz CT molecular complexity index is 717. The van der Waals surface area contributed by atoms with Gasteiger partial charge < -0.3 is 10.4 Å².